The average Bonchev–Trinajstić information content (AvgIpc) is 3.47. The molecule has 1 saturated heterocycles. The van der Waals surface area contributed by atoms with Crippen LogP contribution in [0, 0.1) is 13.8 Å². The summed E-state index contributed by atoms with van der Waals surface area (Å²) in [5.74, 6) is 3.15. The Labute approximate surface area is 255 Å². The fourth-order valence-corrected chi connectivity index (χ4v) is 4.63. The Morgan fingerprint density at radius 3 is 2.05 bits per heavy atom. The van der Waals surface area contributed by atoms with Crippen LogP contribution in [0.1, 0.15) is 50.3 Å². The summed E-state index contributed by atoms with van der Waals surface area (Å²) in [6.07, 6.45) is 6.16. The van der Waals surface area contributed by atoms with Gasteiger partial charge < -0.3 is 20.7 Å². The molecule has 0 amide bonds. The second kappa shape index (κ2) is 13.8. The zero-order chi connectivity index (χ0) is 28.8. The summed E-state index contributed by atoms with van der Waals surface area (Å²) < 4.78 is 5.92. The second-order valence-corrected chi connectivity index (χ2v) is 11.6. The summed E-state index contributed by atoms with van der Waals surface area (Å²) in [5, 5.41) is 9.99. The highest BCUT2D eigenvalue weighted by Gasteiger charge is 2.15. The molecule has 2 aromatic heterocycles. The quantitative estimate of drug-likeness (QED) is 0.176. The van der Waals surface area contributed by atoms with Gasteiger partial charge in [-0.05, 0) is 87.2 Å². The van der Waals surface area contributed by atoms with Crippen LogP contribution in [0.2, 0.25) is 0 Å². The van der Waals surface area contributed by atoms with Gasteiger partial charge >= 0.3 is 0 Å². The van der Waals surface area contributed by atoms with Crippen LogP contribution in [0.15, 0.2) is 60.9 Å². The normalized spacial score (nSPS) is 13.4. The maximum Gasteiger partial charge on any atom is 0.230 e. The molecule has 9 nitrogen and oxygen atoms in total. The monoisotopic (exact) mass is 588 g/mol. The summed E-state index contributed by atoms with van der Waals surface area (Å²) in [6, 6.07) is 16.3. The molecule has 0 unspecified atom stereocenters. The van der Waals surface area contributed by atoms with Gasteiger partial charge in [0.1, 0.15) is 24.0 Å². The van der Waals surface area contributed by atoms with E-state index in [1.807, 2.05) is 44.2 Å². The fourth-order valence-electron chi connectivity index (χ4n) is 4.63. The average molecular weight is 589 g/mol. The molecule has 3 N–H and O–H groups in total. The number of halogens is 1. The zero-order valence-electron chi connectivity index (χ0n) is 25.1. The molecule has 0 aliphatic carbocycles. The summed E-state index contributed by atoms with van der Waals surface area (Å²) in [7, 11) is 0. The van der Waals surface area contributed by atoms with Crippen molar-refractivity contribution >= 4 is 47.3 Å². The lowest BCUT2D eigenvalue weighted by molar-refractivity contribution is 0.238. The molecule has 222 valence electrons. The summed E-state index contributed by atoms with van der Waals surface area (Å²) >= 11 is 0. The maximum atomic E-state index is 5.92. The number of hydrogen-bond donors (Lipinski definition) is 3. The fraction of sp³-hybridized carbons (Fsp3) is 0.375. The molecule has 0 radical (unpaired) electrons. The molecule has 2 aromatic carbocycles. The van der Waals surface area contributed by atoms with Crippen LogP contribution in [0.3, 0.4) is 0 Å². The number of likely N-dealkylation sites (tertiary alicyclic amines) is 1. The Balaban J connectivity index is 0.00000405. The van der Waals surface area contributed by atoms with Crippen LogP contribution in [0.25, 0.3) is 0 Å². The van der Waals surface area contributed by atoms with Gasteiger partial charge in [-0.2, -0.15) is 9.97 Å². The van der Waals surface area contributed by atoms with Gasteiger partial charge in [-0.1, -0.05) is 32.9 Å². The molecule has 10 heteroatoms. The molecule has 4 aromatic rings. The van der Waals surface area contributed by atoms with Gasteiger partial charge in [-0.3, -0.25) is 4.90 Å². The van der Waals surface area contributed by atoms with Crippen molar-refractivity contribution in [2.75, 3.05) is 42.2 Å². The SMILES string of the molecule is Cc1cnc(Nc2nc(Nc3ccc(OCCN4CCCC4)cc3)ncc2C)nc1Nc1cccc(C(C)(C)C)c1.Cl. The zero-order valence-corrected chi connectivity index (χ0v) is 25.9. The van der Waals surface area contributed by atoms with Crippen LogP contribution in [-0.4, -0.2) is 51.1 Å². The largest absolute Gasteiger partial charge is 0.492 e. The number of benzene rings is 2. The Morgan fingerprint density at radius 1 is 0.786 bits per heavy atom. The minimum atomic E-state index is 0. The Hall–Kier alpha value is -3.95. The van der Waals surface area contributed by atoms with E-state index in [2.05, 4.69) is 74.8 Å². The molecule has 1 aliphatic heterocycles. The lowest BCUT2D eigenvalue weighted by atomic mass is 9.87. The van der Waals surface area contributed by atoms with E-state index in [0.29, 0.717) is 24.3 Å². The molecule has 0 spiro atoms. The topological polar surface area (TPSA) is 100 Å². The first-order chi connectivity index (χ1) is 19.7. The lowest BCUT2D eigenvalue weighted by Gasteiger charge is -2.20. The molecular weight excluding hydrogens is 548 g/mol. The van der Waals surface area contributed by atoms with Crippen LogP contribution in [0.5, 0.6) is 5.75 Å². The van der Waals surface area contributed by atoms with E-state index in [9.17, 15) is 0 Å². The van der Waals surface area contributed by atoms with Crippen molar-refractivity contribution in [1.82, 2.24) is 24.8 Å². The minimum absolute atomic E-state index is 0. The number of nitrogens with zero attached hydrogens (tertiary/aromatic N) is 5. The van der Waals surface area contributed by atoms with Gasteiger partial charge in [-0.25, -0.2) is 9.97 Å². The summed E-state index contributed by atoms with van der Waals surface area (Å²) in [5.41, 5.74) is 5.00. The van der Waals surface area contributed by atoms with Gasteiger partial charge in [-0.15, -0.1) is 12.4 Å². The van der Waals surface area contributed by atoms with Crippen LogP contribution >= 0.6 is 12.4 Å². The van der Waals surface area contributed by atoms with Crippen LogP contribution in [0.4, 0.5) is 34.9 Å². The number of hydrogen-bond acceptors (Lipinski definition) is 9. The number of rotatable bonds is 10. The standard InChI is InChI=1S/C32H40N8O.ClH/c1-22-20-34-31(37-28(22)35-26-10-8-9-24(19-26)32(3,4)5)39-29-23(2)21-33-30(38-29)36-25-11-13-27(14-12-25)41-18-17-40-15-6-7-16-40;/h8-14,19-21H,6-7,15-18H2,1-5H3,(H3,33,34,35,36,37,38,39);1H. The summed E-state index contributed by atoms with van der Waals surface area (Å²) in [6.45, 7) is 14.6. The maximum absolute atomic E-state index is 5.92. The van der Waals surface area contributed by atoms with E-state index in [1.54, 1.807) is 12.4 Å². The third-order valence-corrected chi connectivity index (χ3v) is 7.15. The first kappa shape index (κ1) is 31.0. The third kappa shape index (κ3) is 8.30. The highest BCUT2D eigenvalue weighted by atomic mass is 35.5. The number of aryl methyl sites for hydroxylation is 2. The Bertz CT molecular complexity index is 1470. The molecule has 0 saturated carbocycles. The van der Waals surface area contributed by atoms with Crippen molar-refractivity contribution in [3.8, 4) is 5.75 Å². The van der Waals surface area contributed by atoms with Crippen molar-refractivity contribution in [2.24, 2.45) is 0 Å². The molecule has 42 heavy (non-hydrogen) atoms. The second-order valence-electron chi connectivity index (χ2n) is 11.6. The van der Waals surface area contributed by atoms with Crippen molar-refractivity contribution in [3.05, 3.63) is 77.6 Å². The number of anilines is 6. The van der Waals surface area contributed by atoms with Gasteiger partial charge in [0.05, 0.1) is 0 Å². The molecule has 1 fully saturated rings. The van der Waals surface area contributed by atoms with Crippen LogP contribution in [-0.2, 0) is 5.41 Å². The predicted molar refractivity (Wildman–Crippen MR) is 173 cm³/mol. The lowest BCUT2D eigenvalue weighted by Crippen LogP contribution is -2.25. The van der Waals surface area contributed by atoms with Gasteiger partial charge in [0.15, 0.2) is 0 Å². The van der Waals surface area contributed by atoms with Crippen molar-refractivity contribution < 1.29 is 4.74 Å². The van der Waals surface area contributed by atoms with Gasteiger partial charge in [0, 0.05) is 41.4 Å². The first-order valence-corrected chi connectivity index (χ1v) is 14.3. The molecular formula is C32H41ClN8O. The van der Waals surface area contributed by atoms with E-state index in [-0.39, 0.29) is 17.8 Å². The molecule has 1 aliphatic rings. The van der Waals surface area contributed by atoms with Crippen molar-refractivity contribution in [2.45, 2.75) is 52.9 Å². The molecule has 3 heterocycles. The van der Waals surface area contributed by atoms with E-state index in [1.165, 1.54) is 31.5 Å². The van der Waals surface area contributed by atoms with Crippen molar-refractivity contribution in [1.29, 1.82) is 0 Å². The van der Waals surface area contributed by atoms with Gasteiger partial charge in [0.25, 0.3) is 0 Å². The summed E-state index contributed by atoms with van der Waals surface area (Å²) in [4.78, 5) is 20.8. The van der Waals surface area contributed by atoms with E-state index >= 15 is 0 Å². The highest BCUT2D eigenvalue weighted by molar-refractivity contribution is 5.85. The first-order valence-electron chi connectivity index (χ1n) is 14.3. The van der Waals surface area contributed by atoms with E-state index in [4.69, 9.17) is 9.72 Å². The number of nitrogens with one attached hydrogen (secondary N) is 3. The van der Waals surface area contributed by atoms with E-state index in [0.717, 1.165) is 40.6 Å². The number of aromatic nitrogens is 4. The third-order valence-electron chi connectivity index (χ3n) is 7.15. The Morgan fingerprint density at radius 2 is 1.40 bits per heavy atom. The molecule has 5 rings (SSSR count). The minimum Gasteiger partial charge on any atom is -0.492 e. The molecule has 0 atom stereocenters. The van der Waals surface area contributed by atoms with Gasteiger partial charge in [0.2, 0.25) is 11.9 Å². The molecule has 0 bridgehead atoms. The smallest absolute Gasteiger partial charge is 0.230 e. The highest BCUT2D eigenvalue weighted by Crippen LogP contribution is 2.27. The Kier molecular flexibility index (Phi) is 10.2. The number of ether oxygens (including phenoxy) is 1. The van der Waals surface area contributed by atoms with Crippen LogP contribution < -0.4 is 20.7 Å². The van der Waals surface area contributed by atoms with Crippen molar-refractivity contribution in [3.63, 3.8) is 0 Å². The predicted octanol–water partition coefficient (Wildman–Crippen LogP) is 7.31. The van der Waals surface area contributed by atoms with E-state index < -0.39 is 0 Å².